The molecule has 2 heteroatoms. The molecule has 0 N–H and O–H groups in total. The molecule has 0 heterocycles. The van der Waals surface area contributed by atoms with Crippen molar-refractivity contribution in [3.05, 3.63) is 126 Å². The zero-order valence-electron chi connectivity index (χ0n) is 17.5. The zero-order valence-corrected chi connectivity index (χ0v) is 17.5. The number of carbonyl (C=O) groups is 1. The molecule has 0 radical (unpaired) electrons. The van der Waals surface area contributed by atoms with Crippen molar-refractivity contribution in [2.24, 2.45) is 0 Å². The predicted molar refractivity (Wildman–Crippen MR) is 124 cm³/mol. The van der Waals surface area contributed by atoms with Gasteiger partial charge in [0.05, 0.1) is 5.76 Å². The summed E-state index contributed by atoms with van der Waals surface area (Å²) in [5, 5.41) is 0. The van der Waals surface area contributed by atoms with Gasteiger partial charge < -0.3 is 4.74 Å². The molecule has 30 heavy (non-hydrogen) atoms. The molecule has 1 atom stereocenters. The molecule has 0 aromatic heterocycles. The van der Waals surface area contributed by atoms with Crippen LogP contribution < -0.4 is 0 Å². The third kappa shape index (κ3) is 6.59. The van der Waals surface area contributed by atoms with E-state index in [-0.39, 0.29) is 11.7 Å². The van der Waals surface area contributed by atoms with Gasteiger partial charge in [0.25, 0.3) is 0 Å². The number of Topliss-reactive ketones (excluding diaryl/α,β-unsaturated/α-hetero) is 1. The van der Waals surface area contributed by atoms with Crippen molar-refractivity contribution in [3.8, 4) is 0 Å². The van der Waals surface area contributed by atoms with Gasteiger partial charge in [-0.2, -0.15) is 0 Å². The van der Waals surface area contributed by atoms with E-state index in [0.29, 0.717) is 25.2 Å². The first-order valence-electron chi connectivity index (χ1n) is 10.3. The SMILES string of the molecule is C=C(CC(CC(=O)c1ccc(C)cc1)c1ccccc1)OC/C=C/c1ccccc1. The van der Waals surface area contributed by atoms with E-state index in [9.17, 15) is 4.79 Å². The summed E-state index contributed by atoms with van der Waals surface area (Å²) >= 11 is 0. The van der Waals surface area contributed by atoms with Crippen LogP contribution in [0.15, 0.2) is 103 Å². The van der Waals surface area contributed by atoms with Crippen molar-refractivity contribution in [2.75, 3.05) is 6.61 Å². The number of rotatable bonds is 10. The zero-order chi connectivity index (χ0) is 21.2. The lowest BCUT2D eigenvalue weighted by atomic mass is 9.88. The average molecular weight is 397 g/mol. The van der Waals surface area contributed by atoms with Crippen LogP contribution in [0.2, 0.25) is 0 Å². The molecule has 0 aliphatic carbocycles. The number of hydrogen-bond donors (Lipinski definition) is 0. The summed E-state index contributed by atoms with van der Waals surface area (Å²) in [5.41, 5.74) is 4.16. The van der Waals surface area contributed by atoms with Crippen molar-refractivity contribution >= 4 is 11.9 Å². The molecule has 0 bridgehead atoms. The maximum absolute atomic E-state index is 12.9. The Morgan fingerprint density at radius 3 is 2.20 bits per heavy atom. The summed E-state index contributed by atoms with van der Waals surface area (Å²) in [6.45, 7) is 6.57. The van der Waals surface area contributed by atoms with Crippen LogP contribution in [0.1, 0.15) is 45.8 Å². The van der Waals surface area contributed by atoms with E-state index in [1.807, 2.05) is 91.9 Å². The van der Waals surface area contributed by atoms with E-state index < -0.39 is 0 Å². The summed E-state index contributed by atoms with van der Waals surface area (Å²) in [6.07, 6.45) is 5.05. The van der Waals surface area contributed by atoms with Gasteiger partial charge in [0, 0.05) is 18.4 Å². The highest BCUT2D eigenvalue weighted by molar-refractivity contribution is 5.96. The second-order valence-corrected chi connectivity index (χ2v) is 7.47. The summed E-state index contributed by atoms with van der Waals surface area (Å²) < 4.78 is 5.83. The molecule has 0 saturated carbocycles. The highest BCUT2D eigenvalue weighted by Gasteiger charge is 2.19. The molecular formula is C28H28O2. The standard InChI is InChI=1S/C28H28O2/c1-22-15-17-26(18-16-22)28(29)21-27(25-13-7-4-8-14-25)20-23(2)30-19-9-12-24-10-5-3-6-11-24/h3-18,27H,2,19-21H2,1H3/b12-9+. The van der Waals surface area contributed by atoms with Gasteiger partial charge in [-0.3, -0.25) is 4.79 Å². The Hall–Kier alpha value is -3.39. The first-order chi connectivity index (χ1) is 14.6. The lowest BCUT2D eigenvalue weighted by molar-refractivity contribution is 0.0970. The molecule has 152 valence electrons. The van der Waals surface area contributed by atoms with E-state index in [0.717, 1.165) is 22.3 Å². The highest BCUT2D eigenvalue weighted by atomic mass is 16.5. The summed E-state index contributed by atoms with van der Waals surface area (Å²) in [6, 6.07) is 28.0. The van der Waals surface area contributed by atoms with Crippen molar-refractivity contribution in [3.63, 3.8) is 0 Å². The molecule has 0 aliphatic rings. The van der Waals surface area contributed by atoms with E-state index in [1.54, 1.807) is 0 Å². The molecule has 0 fully saturated rings. The van der Waals surface area contributed by atoms with Crippen LogP contribution in [0.25, 0.3) is 6.08 Å². The second kappa shape index (κ2) is 11.0. The van der Waals surface area contributed by atoms with Gasteiger partial charge in [0.15, 0.2) is 5.78 Å². The largest absolute Gasteiger partial charge is 0.494 e. The molecule has 0 saturated heterocycles. The smallest absolute Gasteiger partial charge is 0.163 e. The minimum Gasteiger partial charge on any atom is -0.494 e. The summed E-state index contributed by atoms with van der Waals surface area (Å²) in [4.78, 5) is 12.9. The van der Waals surface area contributed by atoms with Crippen LogP contribution in [0.4, 0.5) is 0 Å². The van der Waals surface area contributed by atoms with Crippen molar-refractivity contribution in [2.45, 2.75) is 25.7 Å². The number of allylic oxidation sites excluding steroid dienone is 1. The van der Waals surface area contributed by atoms with E-state index in [2.05, 4.69) is 18.7 Å². The van der Waals surface area contributed by atoms with E-state index in [1.165, 1.54) is 0 Å². The maximum atomic E-state index is 12.9. The number of ketones is 1. The van der Waals surface area contributed by atoms with Crippen LogP contribution in [-0.4, -0.2) is 12.4 Å². The topological polar surface area (TPSA) is 26.3 Å². The Morgan fingerprint density at radius 2 is 1.53 bits per heavy atom. The fourth-order valence-corrected chi connectivity index (χ4v) is 3.36. The van der Waals surface area contributed by atoms with Gasteiger partial charge in [-0.05, 0) is 30.0 Å². The minimum atomic E-state index is 0.0330. The van der Waals surface area contributed by atoms with Crippen LogP contribution in [0.3, 0.4) is 0 Å². The maximum Gasteiger partial charge on any atom is 0.163 e. The highest BCUT2D eigenvalue weighted by Crippen LogP contribution is 2.28. The lowest BCUT2D eigenvalue weighted by Gasteiger charge is -2.18. The molecule has 0 spiro atoms. The molecule has 0 aliphatic heterocycles. The number of ether oxygens (including phenoxy) is 1. The fraction of sp³-hybridized carbons (Fsp3) is 0.179. The first-order valence-corrected chi connectivity index (χ1v) is 10.3. The van der Waals surface area contributed by atoms with Gasteiger partial charge >= 0.3 is 0 Å². The Labute approximate surface area is 179 Å². The van der Waals surface area contributed by atoms with Crippen molar-refractivity contribution in [1.29, 1.82) is 0 Å². The summed E-state index contributed by atoms with van der Waals surface area (Å²) in [7, 11) is 0. The Kier molecular flexibility index (Phi) is 7.79. The molecule has 3 aromatic rings. The third-order valence-electron chi connectivity index (χ3n) is 5.04. The van der Waals surface area contributed by atoms with Crippen LogP contribution in [0, 0.1) is 6.92 Å². The molecule has 3 aromatic carbocycles. The molecular weight excluding hydrogens is 368 g/mol. The van der Waals surface area contributed by atoms with Crippen molar-refractivity contribution in [1.82, 2.24) is 0 Å². The monoisotopic (exact) mass is 396 g/mol. The number of aryl methyl sites for hydroxylation is 1. The van der Waals surface area contributed by atoms with Gasteiger partial charge in [-0.25, -0.2) is 0 Å². The third-order valence-corrected chi connectivity index (χ3v) is 5.04. The second-order valence-electron chi connectivity index (χ2n) is 7.47. The molecule has 3 rings (SSSR count). The first kappa shape index (κ1) is 21.3. The quantitative estimate of drug-likeness (QED) is 0.273. The average Bonchev–Trinajstić information content (AvgIpc) is 2.78. The predicted octanol–water partition coefficient (Wildman–Crippen LogP) is 6.99. The summed E-state index contributed by atoms with van der Waals surface area (Å²) in [5.74, 6) is 0.865. The Balaban J connectivity index is 1.61. The van der Waals surface area contributed by atoms with Crippen molar-refractivity contribution < 1.29 is 9.53 Å². The normalized spacial score (nSPS) is 11.9. The number of hydrogen-bond acceptors (Lipinski definition) is 2. The molecule has 1 unspecified atom stereocenters. The molecule has 0 amide bonds. The Morgan fingerprint density at radius 1 is 0.900 bits per heavy atom. The van der Waals surface area contributed by atoms with E-state index in [4.69, 9.17) is 4.74 Å². The van der Waals surface area contributed by atoms with E-state index >= 15 is 0 Å². The van der Waals surface area contributed by atoms with Gasteiger partial charge in [0.2, 0.25) is 0 Å². The Bertz CT molecular complexity index is 970. The van der Waals surface area contributed by atoms with Crippen LogP contribution in [0.5, 0.6) is 0 Å². The van der Waals surface area contributed by atoms with Gasteiger partial charge in [-0.1, -0.05) is 103 Å². The molecule has 2 nitrogen and oxygen atoms in total. The van der Waals surface area contributed by atoms with Crippen LogP contribution in [-0.2, 0) is 4.74 Å². The number of benzene rings is 3. The minimum absolute atomic E-state index is 0.0330. The fourth-order valence-electron chi connectivity index (χ4n) is 3.36. The van der Waals surface area contributed by atoms with Crippen LogP contribution >= 0.6 is 0 Å². The van der Waals surface area contributed by atoms with Gasteiger partial charge in [0.1, 0.15) is 6.61 Å². The lowest BCUT2D eigenvalue weighted by Crippen LogP contribution is -2.10. The number of carbonyl (C=O) groups excluding carboxylic acids is 1. The van der Waals surface area contributed by atoms with Gasteiger partial charge in [-0.15, -0.1) is 0 Å².